The maximum atomic E-state index is 13.7. The lowest BCUT2D eigenvalue weighted by Crippen LogP contribution is -2.45. The molecule has 4 aromatic rings. The third kappa shape index (κ3) is 6.04. The smallest absolute Gasteiger partial charge is 0.255 e. The summed E-state index contributed by atoms with van der Waals surface area (Å²) in [4.78, 5) is 28.8. The molecule has 1 heterocycles. The first kappa shape index (κ1) is 25.9. The minimum Gasteiger partial charge on any atom is -0.489 e. The molecule has 1 saturated heterocycles. The zero-order chi connectivity index (χ0) is 26.5. The van der Waals surface area contributed by atoms with Gasteiger partial charge >= 0.3 is 0 Å². The molecule has 0 radical (unpaired) electrons. The van der Waals surface area contributed by atoms with E-state index in [-0.39, 0.29) is 17.2 Å². The van der Waals surface area contributed by atoms with Gasteiger partial charge in [0.15, 0.2) is 0 Å². The van der Waals surface area contributed by atoms with E-state index in [4.69, 9.17) is 16.3 Å². The first-order valence-corrected chi connectivity index (χ1v) is 13.7. The molecule has 1 N–H and O–H groups in total. The van der Waals surface area contributed by atoms with E-state index in [1.165, 1.54) is 0 Å². The molecule has 2 amide bonds. The van der Waals surface area contributed by atoms with E-state index in [1.807, 2.05) is 85.8 Å². The summed E-state index contributed by atoms with van der Waals surface area (Å²) in [6, 6.07) is 31.5. The molecule has 192 valence electrons. The lowest BCUT2D eigenvalue weighted by atomic mass is 10.1. The zero-order valence-electron chi connectivity index (χ0n) is 20.8. The second-order valence-electron chi connectivity index (χ2n) is 9.12. The summed E-state index contributed by atoms with van der Waals surface area (Å²) in [6.07, 6.45) is 0. The minimum atomic E-state index is -0.636. The van der Waals surface area contributed by atoms with Crippen LogP contribution in [0.15, 0.2) is 103 Å². The van der Waals surface area contributed by atoms with Crippen molar-refractivity contribution in [3.63, 3.8) is 0 Å². The fourth-order valence-electron chi connectivity index (χ4n) is 4.29. The highest BCUT2D eigenvalue weighted by Crippen LogP contribution is 2.43. The Balaban J connectivity index is 1.37. The molecule has 5 rings (SSSR count). The van der Waals surface area contributed by atoms with Gasteiger partial charge in [0, 0.05) is 22.0 Å². The molecule has 5 nitrogen and oxygen atoms in total. The molecule has 2 atom stereocenters. The molecule has 0 aliphatic carbocycles. The Kier molecular flexibility index (Phi) is 8.01. The fourth-order valence-corrected chi connectivity index (χ4v) is 5.84. The predicted molar refractivity (Wildman–Crippen MR) is 154 cm³/mol. The van der Waals surface area contributed by atoms with E-state index in [9.17, 15) is 9.59 Å². The number of thioether (sulfide) groups is 1. The van der Waals surface area contributed by atoms with Gasteiger partial charge in [-0.1, -0.05) is 71.8 Å². The first-order chi connectivity index (χ1) is 18.5. The van der Waals surface area contributed by atoms with Crippen molar-refractivity contribution in [2.24, 2.45) is 0 Å². The Labute approximate surface area is 231 Å². The van der Waals surface area contributed by atoms with E-state index >= 15 is 0 Å². The maximum absolute atomic E-state index is 13.7. The van der Waals surface area contributed by atoms with Gasteiger partial charge in [0.1, 0.15) is 23.8 Å². The van der Waals surface area contributed by atoms with Crippen LogP contribution in [0.2, 0.25) is 5.02 Å². The van der Waals surface area contributed by atoms with Crippen molar-refractivity contribution in [3.05, 3.63) is 130 Å². The van der Waals surface area contributed by atoms with Gasteiger partial charge in [-0.2, -0.15) is 0 Å². The number of ether oxygens (including phenoxy) is 1. The van der Waals surface area contributed by atoms with Gasteiger partial charge in [0.25, 0.3) is 5.91 Å². The molecule has 0 saturated carbocycles. The minimum absolute atomic E-state index is 0.214. The topological polar surface area (TPSA) is 58.6 Å². The van der Waals surface area contributed by atoms with Gasteiger partial charge in [-0.25, -0.2) is 0 Å². The predicted octanol–water partition coefficient (Wildman–Crippen LogP) is 7.12. The Bertz CT molecular complexity index is 1390. The van der Waals surface area contributed by atoms with Crippen molar-refractivity contribution >= 4 is 40.9 Å². The summed E-state index contributed by atoms with van der Waals surface area (Å²) < 4.78 is 5.93. The van der Waals surface area contributed by atoms with Crippen LogP contribution < -0.4 is 10.1 Å². The summed E-state index contributed by atoms with van der Waals surface area (Å²) in [6.45, 7) is 2.47. The molecule has 0 spiro atoms. The number of carbonyl (C=O) groups is 2. The lowest BCUT2D eigenvalue weighted by Gasteiger charge is -2.29. The summed E-state index contributed by atoms with van der Waals surface area (Å²) >= 11 is 7.63. The van der Waals surface area contributed by atoms with Crippen LogP contribution in [0, 0.1) is 6.92 Å². The van der Waals surface area contributed by atoms with Gasteiger partial charge in [-0.15, -0.1) is 11.8 Å². The van der Waals surface area contributed by atoms with Crippen LogP contribution in [0.4, 0.5) is 5.69 Å². The van der Waals surface area contributed by atoms with Gasteiger partial charge in [-0.05, 0) is 66.6 Å². The van der Waals surface area contributed by atoms with Crippen molar-refractivity contribution < 1.29 is 14.3 Å². The number of rotatable bonds is 7. The van der Waals surface area contributed by atoms with Crippen molar-refractivity contribution in [2.45, 2.75) is 24.9 Å². The highest BCUT2D eigenvalue weighted by atomic mass is 35.5. The Morgan fingerprint density at radius 1 is 0.921 bits per heavy atom. The molecule has 7 heteroatoms. The normalized spacial score (nSPS) is 16.7. The second-order valence-corrected chi connectivity index (χ2v) is 10.7. The molecule has 4 aromatic carbocycles. The SMILES string of the molecule is Cc1ccc(NC(=O)C2CSC(c3ccc(OCc4ccccc4)cc3)N2C(=O)c2ccc(Cl)cc2)cc1. The van der Waals surface area contributed by atoms with E-state index < -0.39 is 6.04 Å². The van der Waals surface area contributed by atoms with E-state index in [0.717, 1.165) is 22.4 Å². The molecule has 38 heavy (non-hydrogen) atoms. The van der Waals surface area contributed by atoms with E-state index in [0.29, 0.717) is 28.6 Å². The maximum Gasteiger partial charge on any atom is 0.255 e. The summed E-state index contributed by atoms with van der Waals surface area (Å²) in [5.74, 6) is 0.789. The number of halogens is 1. The number of hydrogen-bond acceptors (Lipinski definition) is 4. The van der Waals surface area contributed by atoms with Crippen molar-refractivity contribution in [2.75, 3.05) is 11.1 Å². The van der Waals surface area contributed by atoms with Crippen molar-refractivity contribution in [1.29, 1.82) is 0 Å². The highest BCUT2D eigenvalue weighted by molar-refractivity contribution is 7.99. The summed E-state index contributed by atoms with van der Waals surface area (Å²) in [7, 11) is 0. The van der Waals surface area contributed by atoms with E-state index in [2.05, 4.69) is 5.32 Å². The molecule has 1 aliphatic heterocycles. The number of nitrogens with one attached hydrogen (secondary N) is 1. The molecule has 1 aliphatic rings. The van der Waals surface area contributed by atoms with Crippen LogP contribution in [-0.4, -0.2) is 28.5 Å². The molecule has 2 unspecified atom stereocenters. The number of anilines is 1. The van der Waals surface area contributed by atoms with Crippen LogP contribution in [0.25, 0.3) is 0 Å². The number of hydrogen-bond donors (Lipinski definition) is 1. The molecule has 0 bridgehead atoms. The standard InChI is InChI=1S/C31H27ClN2O3S/c1-21-7-15-26(16-8-21)33-29(35)28-20-38-31(34(28)30(36)23-9-13-25(32)14-10-23)24-11-17-27(18-12-24)37-19-22-5-3-2-4-6-22/h2-18,28,31H,19-20H2,1H3,(H,33,35). The quantitative estimate of drug-likeness (QED) is 0.270. The van der Waals surface area contributed by atoms with E-state index in [1.54, 1.807) is 40.9 Å². The Hall–Kier alpha value is -3.74. The summed E-state index contributed by atoms with van der Waals surface area (Å²) in [5, 5.41) is 3.21. The Morgan fingerprint density at radius 3 is 2.29 bits per heavy atom. The van der Waals surface area contributed by atoms with Crippen LogP contribution >= 0.6 is 23.4 Å². The second kappa shape index (κ2) is 11.8. The van der Waals surface area contributed by atoms with Gasteiger partial charge in [-0.3, -0.25) is 9.59 Å². The van der Waals surface area contributed by atoms with Crippen LogP contribution in [-0.2, 0) is 11.4 Å². The van der Waals surface area contributed by atoms with Crippen LogP contribution in [0.1, 0.15) is 32.4 Å². The lowest BCUT2D eigenvalue weighted by molar-refractivity contribution is -0.119. The fraction of sp³-hybridized carbons (Fsp3) is 0.161. The zero-order valence-corrected chi connectivity index (χ0v) is 22.4. The van der Waals surface area contributed by atoms with Gasteiger partial charge in [0.2, 0.25) is 5.91 Å². The van der Waals surface area contributed by atoms with Gasteiger partial charge < -0.3 is 15.0 Å². The third-order valence-corrected chi connectivity index (χ3v) is 7.94. The monoisotopic (exact) mass is 542 g/mol. The van der Waals surface area contributed by atoms with Gasteiger partial charge in [0.05, 0.1) is 0 Å². The summed E-state index contributed by atoms with van der Waals surface area (Å²) in [5.41, 5.74) is 4.31. The number of carbonyl (C=O) groups excluding carboxylic acids is 2. The first-order valence-electron chi connectivity index (χ1n) is 12.3. The highest BCUT2D eigenvalue weighted by Gasteiger charge is 2.42. The average Bonchev–Trinajstić information content (AvgIpc) is 3.39. The molecular weight excluding hydrogens is 516 g/mol. The van der Waals surface area contributed by atoms with Crippen molar-refractivity contribution in [1.82, 2.24) is 4.90 Å². The largest absolute Gasteiger partial charge is 0.489 e. The van der Waals surface area contributed by atoms with Crippen molar-refractivity contribution in [3.8, 4) is 5.75 Å². The number of benzene rings is 4. The Morgan fingerprint density at radius 2 is 1.61 bits per heavy atom. The average molecular weight is 543 g/mol. The number of nitrogens with zero attached hydrogens (tertiary/aromatic N) is 1. The molecular formula is C31H27ClN2O3S. The number of amides is 2. The number of aryl methyl sites for hydroxylation is 1. The molecule has 1 fully saturated rings. The third-order valence-electron chi connectivity index (χ3n) is 6.36. The van der Waals surface area contributed by atoms with Crippen LogP contribution in [0.5, 0.6) is 5.75 Å². The van der Waals surface area contributed by atoms with Crippen LogP contribution in [0.3, 0.4) is 0 Å². The molecule has 0 aromatic heterocycles.